The minimum atomic E-state index is 0.0367. The summed E-state index contributed by atoms with van der Waals surface area (Å²) in [4.78, 5) is 17.4. The van der Waals surface area contributed by atoms with Crippen molar-refractivity contribution in [1.29, 1.82) is 0 Å². The molecule has 1 unspecified atom stereocenters. The number of nitrogens with one attached hydrogen (secondary N) is 1. The highest BCUT2D eigenvalue weighted by Gasteiger charge is 2.26. The van der Waals surface area contributed by atoms with E-state index in [2.05, 4.69) is 16.3 Å². The summed E-state index contributed by atoms with van der Waals surface area (Å²) in [5, 5.41) is 3.16. The van der Waals surface area contributed by atoms with E-state index in [4.69, 9.17) is 9.15 Å². The molecule has 0 radical (unpaired) electrons. The molecule has 0 saturated carbocycles. The Labute approximate surface area is 164 Å². The van der Waals surface area contributed by atoms with E-state index in [1.54, 1.807) is 11.3 Å². The van der Waals surface area contributed by atoms with Crippen molar-refractivity contribution in [3.63, 3.8) is 0 Å². The van der Waals surface area contributed by atoms with Gasteiger partial charge < -0.3 is 14.5 Å². The SMILES string of the molecule is Cc1ccc(C(CNC(=O)c2cc3c(s2)CCCCC3)N2CCOCC2)o1. The average Bonchev–Trinajstić information content (AvgIpc) is 3.23. The third-order valence-electron chi connectivity index (χ3n) is 5.50. The van der Waals surface area contributed by atoms with Crippen LogP contribution >= 0.6 is 11.3 Å². The van der Waals surface area contributed by atoms with Gasteiger partial charge in [0.25, 0.3) is 5.91 Å². The van der Waals surface area contributed by atoms with Crippen LogP contribution in [0.3, 0.4) is 0 Å². The molecule has 2 aromatic heterocycles. The Morgan fingerprint density at radius 3 is 2.81 bits per heavy atom. The van der Waals surface area contributed by atoms with Gasteiger partial charge in [-0.15, -0.1) is 11.3 Å². The van der Waals surface area contributed by atoms with E-state index in [1.807, 2.05) is 19.1 Å². The number of amides is 1. The van der Waals surface area contributed by atoms with Crippen LogP contribution in [0.1, 0.15) is 56.9 Å². The molecule has 1 amide bonds. The minimum Gasteiger partial charge on any atom is -0.465 e. The van der Waals surface area contributed by atoms with Crippen LogP contribution in [0.5, 0.6) is 0 Å². The van der Waals surface area contributed by atoms with Crippen LogP contribution < -0.4 is 5.32 Å². The smallest absolute Gasteiger partial charge is 0.261 e. The second kappa shape index (κ2) is 8.59. The topological polar surface area (TPSA) is 54.7 Å². The monoisotopic (exact) mass is 388 g/mol. The molecule has 4 rings (SSSR count). The van der Waals surface area contributed by atoms with Crippen LogP contribution in [0.4, 0.5) is 0 Å². The summed E-state index contributed by atoms with van der Waals surface area (Å²) in [7, 11) is 0. The molecule has 1 saturated heterocycles. The molecule has 0 spiro atoms. The second-order valence-electron chi connectivity index (χ2n) is 7.44. The Kier molecular flexibility index (Phi) is 5.95. The third kappa shape index (κ3) is 4.45. The first-order chi connectivity index (χ1) is 13.2. The van der Waals surface area contributed by atoms with Gasteiger partial charge in [-0.05, 0) is 56.4 Å². The molecule has 1 N–H and O–H groups in total. The Morgan fingerprint density at radius 1 is 1.22 bits per heavy atom. The summed E-state index contributed by atoms with van der Waals surface area (Å²) in [6.07, 6.45) is 6.01. The van der Waals surface area contributed by atoms with Crippen molar-refractivity contribution in [3.8, 4) is 0 Å². The van der Waals surface area contributed by atoms with Crippen LogP contribution in [-0.2, 0) is 17.6 Å². The number of furan rings is 1. The second-order valence-corrected chi connectivity index (χ2v) is 8.58. The lowest BCUT2D eigenvalue weighted by Gasteiger charge is -2.33. The molecule has 5 nitrogen and oxygen atoms in total. The fraction of sp³-hybridized carbons (Fsp3) is 0.571. The van der Waals surface area contributed by atoms with Gasteiger partial charge in [0, 0.05) is 24.5 Å². The molecular formula is C21H28N2O3S. The van der Waals surface area contributed by atoms with Crippen molar-refractivity contribution < 1.29 is 13.9 Å². The van der Waals surface area contributed by atoms with Crippen LogP contribution in [0.25, 0.3) is 0 Å². The average molecular weight is 389 g/mol. The number of hydrogen-bond donors (Lipinski definition) is 1. The summed E-state index contributed by atoms with van der Waals surface area (Å²) < 4.78 is 11.4. The highest BCUT2D eigenvalue weighted by atomic mass is 32.1. The maximum Gasteiger partial charge on any atom is 0.261 e. The lowest BCUT2D eigenvalue weighted by atomic mass is 10.1. The lowest BCUT2D eigenvalue weighted by Crippen LogP contribution is -2.43. The Bertz CT molecular complexity index is 753. The predicted molar refractivity (Wildman–Crippen MR) is 106 cm³/mol. The molecule has 1 atom stereocenters. The molecule has 146 valence electrons. The summed E-state index contributed by atoms with van der Waals surface area (Å²) in [5.74, 6) is 1.85. The molecular weight excluding hydrogens is 360 g/mol. The van der Waals surface area contributed by atoms with Gasteiger partial charge in [0.1, 0.15) is 11.5 Å². The molecule has 2 aliphatic rings. The first-order valence-electron chi connectivity index (χ1n) is 9.98. The number of carbonyl (C=O) groups excluding carboxylic acids is 1. The zero-order valence-electron chi connectivity index (χ0n) is 16.0. The van der Waals surface area contributed by atoms with Crippen molar-refractivity contribution in [2.75, 3.05) is 32.8 Å². The van der Waals surface area contributed by atoms with E-state index < -0.39 is 0 Å². The number of morpholine rings is 1. The van der Waals surface area contributed by atoms with Crippen molar-refractivity contribution in [2.45, 2.75) is 45.1 Å². The van der Waals surface area contributed by atoms with Crippen molar-refractivity contribution in [2.24, 2.45) is 0 Å². The van der Waals surface area contributed by atoms with Crippen LogP contribution in [0, 0.1) is 6.92 Å². The van der Waals surface area contributed by atoms with E-state index in [9.17, 15) is 4.79 Å². The molecule has 3 heterocycles. The number of ether oxygens (including phenoxy) is 1. The van der Waals surface area contributed by atoms with Crippen molar-refractivity contribution in [1.82, 2.24) is 10.2 Å². The molecule has 1 aliphatic heterocycles. The Hall–Kier alpha value is -1.63. The van der Waals surface area contributed by atoms with Gasteiger partial charge >= 0.3 is 0 Å². The molecule has 27 heavy (non-hydrogen) atoms. The summed E-state index contributed by atoms with van der Waals surface area (Å²) in [6.45, 7) is 5.66. The zero-order chi connectivity index (χ0) is 18.6. The van der Waals surface area contributed by atoms with E-state index in [-0.39, 0.29) is 11.9 Å². The van der Waals surface area contributed by atoms with Crippen LogP contribution in [0.2, 0.25) is 0 Å². The first kappa shape index (κ1) is 18.7. The number of aryl methyl sites for hydroxylation is 3. The van der Waals surface area contributed by atoms with E-state index in [0.29, 0.717) is 6.54 Å². The number of hydrogen-bond acceptors (Lipinski definition) is 5. The number of carbonyl (C=O) groups is 1. The highest BCUT2D eigenvalue weighted by Crippen LogP contribution is 2.29. The molecule has 6 heteroatoms. The summed E-state index contributed by atoms with van der Waals surface area (Å²) >= 11 is 1.67. The van der Waals surface area contributed by atoms with Crippen molar-refractivity contribution in [3.05, 3.63) is 45.0 Å². The first-order valence-corrected chi connectivity index (χ1v) is 10.8. The van der Waals surface area contributed by atoms with Crippen LogP contribution in [-0.4, -0.2) is 43.7 Å². The molecule has 0 aromatic carbocycles. The number of nitrogens with zero attached hydrogens (tertiary/aromatic N) is 1. The van der Waals surface area contributed by atoms with Gasteiger partial charge in [0.2, 0.25) is 0 Å². The molecule has 0 bridgehead atoms. The van der Waals surface area contributed by atoms with Gasteiger partial charge in [0.05, 0.1) is 24.1 Å². The third-order valence-corrected chi connectivity index (χ3v) is 6.74. The minimum absolute atomic E-state index is 0.0367. The van der Waals surface area contributed by atoms with Crippen molar-refractivity contribution >= 4 is 17.2 Å². The molecule has 2 aromatic rings. The maximum absolute atomic E-state index is 12.8. The number of rotatable bonds is 5. The van der Waals surface area contributed by atoms with E-state index in [1.165, 1.54) is 29.7 Å². The van der Waals surface area contributed by atoms with Gasteiger partial charge in [-0.2, -0.15) is 0 Å². The Morgan fingerprint density at radius 2 is 2.04 bits per heavy atom. The van der Waals surface area contributed by atoms with E-state index >= 15 is 0 Å². The molecule has 1 fully saturated rings. The predicted octanol–water partition coefficient (Wildman–Crippen LogP) is 3.72. The fourth-order valence-electron chi connectivity index (χ4n) is 3.99. The van der Waals surface area contributed by atoms with Gasteiger partial charge in [0.15, 0.2) is 0 Å². The fourth-order valence-corrected chi connectivity index (χ4v) is 5.16. The summed E-state index contributed by atoms with van der Waals surface area (Å²) in [5.41, 5.74) is 1.38. The lowest BCUT2D eigenvalue weighted by molar-refractivity contribution is 0.0117. The van der Waals surface area contributed by atoms with Crippen LogP contribution in [0.15, 0.2) is 22.6 Å². The quantitative estimate of drug-likeness (QED) is 0.793. The van der Waals surface area contributed by atoms with E-state index in [0.717, 1.165) is 55.5 Å². The number of fused-ring (bicyclic) bond motifs is 1. The largest absolute Gasteiger partial charge is 0.465 e. The van der Waals surface area contributed by atoms with Gasteiger partial charge in [-0.3, -0.25) is 9.69 Å². The molecule has 1 aliphatic carbocycles. The van der Waals surface area contributed by atoms with Gasteiger partial charge in [-0.1, -0.05) is 6.42 Å². The highest BCUT2D eigenvalue weighted by molar-refractivity contribution is 7.14. The Balaban J connectivity index is 1.44. The van der Waals surface area contributed by atoms with Gasteiger partial charge in [-0.25, -0.2) is 0 Å². The summed E-state index contributed by atoms with van der Waals surface area (Å²) in [6, 6.07) is 6.17. The standard InChI is InChI=1S/C21H28N2O3S/c1-15-7-8-18(26-15)17(23-9-11-25-12-10-23)14-22-21(24)20-13-16-5-3-2-4-6-19(16)27-20/h7-8,13,17H,2-6,9-12,14H2,1H3,(H,22,24). The normalized spacial score (nSPS) is 19.3. The number of thiophene rings is 1. The zero-order valence-corrected chi connectivity index (χ0v) is 16.8. The maximum atomic E-state index is 12.8.